The number of amides is 1. The predicted molar refractivity (Wildman–Crippen MR) is 129 cm³/mol. The molecule has 0 radical (unpaired) electrons. The van der Waals surface area contributed by atoms with Crippen LogP contribution in [0.2, 0.25) is 0 Å². The van der Waals surface area contributed by atoms with E-state index in [0.717, 1.165) is 11.0 Å². The first-order valence-electron chi connectivity index (χ1n) is 12.8. The van der Waals surface area contributed by atoms with Crippen LogP contribution in [0.4, 0.5) is 50.1 Å². The average molecular weight is 599 g/mol. The molecule has 1 amide bonds. The fourth-order valence-electron chi connectivity index (χ4n) is 5.22. The molecule has 1 aromatic heterocycles. The van der Waals surface area contributed by atoms with Crippen LogP contribution in [-0.4, -0.2) is 47.7 Å². The highest BCUT2D eigenvalue weighted by Crippen LogP contribution is 2.42. The molecule has 3 heterocycles. The SMILES string of the molecule is CCN(c1ncc(C(F)(F)F)cc1CN1C(=O)O[C@H](c2cc(C(F)(F)F)cc(C(F)(F)F)c2)C1C)C1CCNCC1. The van der Waals surface area contributed by atoms with E-state index in [1.54, 1.807) is 6.92 Å². The van der Waals surface area contributed by atoms with Crippen LogP contribution in [0.5, 0.6) is 0 Å². The number of piperidine rings is 1. The predicted octanol–water partition coefficient (Wildman–Crippen LogP) is 6.80. The van der Waals surface area contributed by atoms with Crippen LogP contribution in [0.25, 0.3) is 0 Å². The van der Waals surface area contributed by atoms with Crippen molar-refractivity contribution in [2.24, 2.45) is 0 Å². The second kappa shape index (κ2) is 11.2. The first kappa shape index (κ1) is 30.7. The Bertz CT molecular complexity index is 1220. The molecule has 6 nitrogen and oxygen atoms in total. The van der Waals surface area contributed by atoms with Crippen LogP contribution < -0.4 is 10.2 Å². The van der Waals surface area contributed by atoms with Gasteiger partial charge in [-0.05, 0) is 69.6 Å². The van der Waals surface area contributed by atoms with Crippen LogP contribution in [0.15, 0.2) is 30.5 Å². The first-order chi connectivity index (χ1) is 19.0. The van der Waals surface area contributed by atoms with Gasteiger partial charge in [0.2, 0.25) is 0 Å². The molecule has 1 unspecified atom stereocenters. The van der Waals surface area contributed by atoms with Gasteiger partial charge in [0.05, 0.1) is 29.3 Å². The molecule has 4 rings (SSSR count). The molecule has 0 spiro atoms. The topological polar surface area (TPSA) is 57.7 Å². The third kappa shape index (κ3) is 6.65. The van der Waals surface area contributed by atoms with Crippen molar-refractivity contribution in [1.29, 1.82) is 0 Å². The summed E-state index contributed by atoms with van der Waals surface area (Å²) in [6.45, 7) is 4.45. The van der Waals surface area contributed by atoms with Gasteiger partial charge in [0, 0.05) is 24.3 Å². The number of ether oxygens (including phenoxy) is 1. The first-order valence-corrected chi connectivity index (χ1v) is 12.8. The molecule has 1 aromatic carbocycles. The number of nitrogens with zero attached hydrogens (tertiary/aromatic N) is 3. The van der Waals surface area contributed by atoms with E-state index in [2.05, 4.69) is 10.3 Å². The summed E-state index contributed by atoms with van der Waals surface area (Å²) in [6, 6.07) is 0.588. The van der Waals surface area contributed by atoms with Crippen LogP contribution in [0.1, 0.15) is 60.6 Å². The molecule has 0 bridgehead atoms. The van der Waals surface area contributed by atoms with Crippen molar-refractivity contribution in [3.8, 4) is 0 Å². The van der Waals surface area contributed by atoms with Gasteiger partial charge in [0.25, 0.3) is 0 Å². The standard InChI is InChI=1S/C26H27F9N4O2/c1-3-38(20-4-6-36-7-5-20)22-16(10-19(12-37-22)26(33,34)35)13-39-14(2)21(41-23(39)40)15-8-17(24(27,28)29)11-18(9-15)25(30,31)32/h8-12,14,20-21,36H,3-7,13H2,1-2H3/t14?,21-/m0/s1. The Labute approximate surface area is 229 Å². The number of nitrogens with one attached hydrogen (secondary N) is 1. The number of carbonyl (C=O) groups excluding carboxylic acids is 1. The molecule has 0 aliphatic carbocycles. The lowest BCUT2D eigenvalue weighted by atomic mass is 9.97. The highest BCUT2D eigenvalue weighted by molar-refractivity contribution is 5.71. The third-order valence-electron chi connectivity index (χ3n) is 7.30. The molecule has 41 heavy (non-hydrogen) atoms. The number of hydrogen-bond donors (Lipinski definition) is 1. The van der Waals surface area contributed by atoms with Crippen LogP contribution in [-0.2, 0) is 29.8 Å². The Morgan fingerprint density at radius 1 is 0.927 bits per heavy atom. The summed E-state index contributed by atoms with van der Waals surface area (Å²) in [6.07, 6.45) is -15.5. The summed E-state index contributed by atoms with van der Waals surface area (Å²) in [5, 5.41) is 3.20. The number of pyridine rings is 1. The van der Waals surface area contributed by atoms with Gasteiger partial charge in [-0.15, -0.1) is 0 Å². The number of anilines is 1. The lowest BCUT2D eigenvalue weighted by molar-refractivity contribution is -0.143. The van der Waals surface area contributed by atoms with Gasteiger partial charge in [-0.2, -0.15) is 39.5 Å². The van der Waals surface area contributed by atoms with E-state index in [1.807, 2.05) is 4.90 Å². The van der Waals surface area contributed by atoms with Crippen LogP contribution in [0.3, 0.4) is 0 Å². The Morgan fingerprint density at radius 3 is 2.00 bits per heavy atom. The van der Waals surface area contributed by atoms with Crippen molar-refractivity contribution in [3.05, 3.63) is 58.3 Å². The van der Waals surface area contributed by atoms with Gasteiger partial charge in [-0.3, -0.25) is 4.90 Å². The number of aromatic nitrogens is 1. The maximum atomic E-state index is 13.6. The summed E-state index contributed by atoms with van der Waals surface area (Å²) in [5.41, 5.74) is -4.74. The summed E-state index contributed by atoms with van der Waals surface area (Å²) in [7, 11) is 0. The number of rotatable bonds is 6. The third-order valence-corrected chi connectivity index (χ3v) is 7.30. The van der Waals surface area contributed by atoms with E-state index < -0.39 is 65.6 Å². The molecule has 2 aliphatic rings. The van der Waals surface area contributed by atoms with Crippen molar-refractivity contribution in [3.63, 3.8) is 0 Å². The summed E-state index contributed by atoms with van der Waals surface area (Å²) in [4.78, 5) is 19.8. The molecule has 1 N–H and O–H groups in total. The second-order valence-electron chi connectivity index (χ2n) is 9.98. The molecule has 2 aromatic rings. The van der Waals surface area contributed by atoms with E-state index in [-0.39, 0.29) is 23.5 Å². The fourth-order valence-corrected chi connectivity index (χ4v) is 5.22. The Morgan fingerprint density at radius 2 is 1.49 bits per heavy atom. The van der Waals surface area contributed by atoms with Gasteiger partial charge in [-0.25, -0.2) is 9.78 Å². The maximum absolute atomic E-state index is 13.6. The van der Waals surface area contributed by atoms with Gasteiger partial charge >= 0.3 is 24.6 Å². The van der Waals surface area contributed by atoms with Crippen molar-refractivity contribution < 1.29 is 49.0 Å². The molecule has 2 saturated heterocycles. The lowest BCUT2D eigenvalue weighted by Crippen LogP contribution is -2.44. The number of carbonyl (C=O) groups is 1. The van der Waals surface area contributed by atoms with Crippen LogP contribution >= 0.6 is 0 Å². The zero-order chi connectivity index (χ0) is 30.3. The monoisotopic (exact) mass is 598 g/mol. The van der Waals surface area contributed by atoms with E-state index in [4.69, 9.17) is 4.74 Å². The minimum Gasteiger partial charge on any atom is -0.439 e. The Kier molecular flexibility index (Phi) is 8.40. The number of benzene rings is 1. The zero-order valence-corrected chi connectivity index (χ0v) is 21.9. The van der Waals surface area contributed by atoms with Crippen molar-refractivity contribution in [2.45, 2.75) is 70.0 Å². The largest absolute Gasteiger partial charge is 0.439 e. The molecule has 2 aliphatic heterocycles. The van der Waals surface area contributed by atoms with Gasteiger partial charge in [0.15, 0.2) is 0 Å². The quantitative estimate of drug-likeness (QED) is 0.371. The maximum Gasteiger partial charge on any atom is 0.417 e. The fraction of sp³-hybridized carbons (Fsp3) is 0.538. The molecule has 226 valence electrons. The molecule has 2 atom stereocenters. The van der Waals surface area contributed by atoms with E-state index >= 15 is 0 Å². The lowest BCUT2D eigenvalue weighted by Gasteiger charge is -2.36. The van der Waals surface area contributed by atoms with E-state index in [1.165, 1.54) is 6.92 Å². The van der Waals surface area contributed by atoms with E-state index in [9.17, 15) is 44.3 Å². The summed E-state index contributed by atoms with van der Waals surface area (Å²) in [5.74, 6) is 0.203. The minimum atomic E-state index is -5.11. The zero-order valence-electron chi connectivity index (χ0n) is 21.9. The van der Waals surface area contributed by atoms with Gasteiger partial charge < -0.3 is 15.0 Å². The molecular weight excluding hydrogens is 571 g/mol. The van der Waals surface area contributed by atoms with E-state index in [0.29, 0.717) is 50.8 Å². The molecule has 15 heteroatoms. The van der Waals surface area contributed by atoms with Crippen molar-refractivity contribution in [1.82, 2.24) is 15.2 Å². The number of hydrogen-bond acceptors (Lipinski definition) is 5. The molecule has 0 saturated carbocycles. The Hall–Kier alpha value is -3.23. The van der Waals surface area contributed by atoms with Crippen LogP contribution in [0, 0.1) is 0 Å². The van der Waals surface area contributed by atoms with Gasteiger partial charge in [-0.1, -0.05) is 0 Å². The summed E-state index contributed by atoms with van der Waals surface area (Å²) < 4.78 is 126. The number of halogens is 9. The van der Waals surface area contributed by atoms with Gasteiger partial charge in [0.1, 0.15) is 11.9 Å². The van der Waals surface area contributed by atoms with Crippen molar-refractivity contribution in [2.75, 3.05) is 24.5 Å². The summed E-state index contributed by atoms with van der Waals surface area (Å²) >= 11 is 0. The molecular formula is C26H27F9N4O2. The molecule has 2 fully saturated rings. The average Bonchev–Trinajstić information content (AvgIpc) is 3.17. The highest BCUT2D eigenvalue weighted by atomic mass is 19.4. The van der Waals surface area contributed by atoms with Crippen molar-refractivity contribution >= 4 is 11.9 Å². The normalized spacial score (nSPS) is 20.9. The smallest absolute Gasteiger partial charge is 0.417 e. The Balaban J connectivity index is 1.71. The number of cyclic esters (lactones) is 1. The number of alkyl halides is 9. The minimum absolute atomic E-state index is 0.0182. The highest BCUT2D eigenvalue weighted by Gasteiger charge is 2.44. The second-order valence-corrected chi connectivity index (χ2v) is 9.98.